The normalized spacial score (nSPS) is 15.2. The molecule has 4 heteroatoms. The number of ether oxygens (including phenoxy) is 2. The summed E-state index contributed by atoms with van der Waals surface area (Å²) in [6, 6.07) is 19.0. The van der Waals surface area contributed by atoms with Crippen LogP contribution >= 0.6 is 11.6 Å². The van der Waals surface area contributed by atoms with Gasteiger partial charge < -0.3 is 9.47 Å². The molecule has 0 unspecified atom stereocenters. The molecule has 0 spiro atoms. The van der Waals surface area contributed by atoms with Crippen LogP contribution in [0.1, 0.15) is 11.1 Å². The number of methoxy groups -OCH3 is 1. The van der Waals surface area contributed by atoms with Crippen LogP contribution in [0.15, 0.2) is 72.3 Å². The van der Waals surface area contributed by atoms with Crippen molar-refractivity contribution in [1.29, 1.82) is 0 Å². The first-order valence-electron chi connectivity index (χ1n) is 8.13. The molecule has 0 fully saturated rings. The van der Waals surface area contributed by atoms with Crippen LogP contribution in [-0.2, 0) is 9.53 Å². The summed E-state index contributed by atoms with van der Waals surface area (Å²) in [4.78, 5) is 12.3. The van der Waals surface area contributed by atoms with Gasteiger partial charge in [0.15, 0.2) is 0 Å². The van der Waals surface area contributed by atoms with Gasteiger partial charge in [-0.3, -0.25) is 0 Å². The lowest BCUT2D eigenvalue weighted by atomic mass is 10.0. The Morgan fingerprint density at radius 3 is 2.42 bits per heavy atom. The van der Waals surface area contributed by atoms with Crippen LogP contribution in [0.2, 0.25) is 5.02 Å². The number of carbonyl (C=O) groups is 1. The fraction of sp³-hybridized carbons (Fsp3) is 0.0455. The van der Waals surface area contributed by atoms with Crippen molar-refractivity contribution in [3.8, 4) is 5.75 Å². The van der Waals surface area contributed by atoms with Crippen molar-refractivity contribution in [2.45, 2.75) is 0 Å². The number of benzene rings is 3. The summed E-state index contributed by atoms with van der Waals surface area (Å²) in [5.74, 6) is 0.958. The highest BCUT2D eigenvalue weighted by atomic mass is 35.5. The average Bonchev–Trinajstić information content (AvgIpc) is 3.03. The monoisotopic (exact) mass is 362 g/mol. The summed E-state index contributed by atoms with van der Waals surface area (Å²) in [5.41, 5.74) is 2.25. The Balaban J connectivity index is 1.78. The van der Waals surface area contributed by atoms with E-state index in [0.29, 0.717) is 16.4 Å². The highest BCUT2D eigenvalue weighted by Crippen LogP contribution is 2.32. The number of hydrogen-bond acceptors (Lipinski definition) is 3. The molecule has 0 aliphatic carbocycles. The number of halogens is 1. The van der Waals surface area contributed by atoms with E-state index in [1.165, 1.54) is 0 Å². The van der Waals surface area contributed by atoms with E-state index in [2.05, 4.69) is 0 Å². The van der Waals surface area contributed by atoms with Crippen molar-refractivity contribution in [1.82, 2.24) is 0 Å². The third kappa shape index (κ3) is 2.98. The molecule has 0 atom stereocenters. The molecule has 0 saturated heterocycles. The molecule has 128 valence electrons. The zero-order valence-corrected chi connectivity index (χ0v) is 14.8. The molecule has 0 saturated carbocycles. The summed E-state index contributed by atoms with van der Waals surface area (Å²) < 4.78 is 10.8. The predicted octanol–water partition coefficient (Wildman–Crippen LogP) is 5.48. The fourth-order valence-electron chi connectivity index (χ4n) is 3.01. The minimum absolute atomic E-state index is 0.366. The van der Waals surface area contributed by atoms with Gasteiger partial charge in [-0.25, -0.2) is 4.79 Å². The van der Waals surface area contributed by atoms with Gasteiger partial charge in [-0.1, -0.05) is 41.9 Å². The molecular formula is C22H15ClO3. The second kappa shape index (κ2) is 6.70. The summed E-state index contributed by atoms with van der Waals surface area (Å²) in [7, 11) is 1.65. The second-order valence-electron chi connectivity index (χ2n) is 5.91. The highest BCUT2D eigenvalue weighted by Gasteiger charge is 2.22. The van der Waals surface area contributed by atoms with Gasteiger partial charge >= 0.3 is 5.97 Å². The van der Waals surface area contributed by atoms with Crippen molar-refractivity contribution in [3.63, 3.8) is 0 Å². The zero-order valence-electron chi connectivity index (χ0n) is 14.0. The largest absolute Gasteiger partial charge is 0.496 e. The molecule has 1 aliphatic heterocycles. The molecule has 1 aliphatic rings. The highest BCUT2D eigenvalue weighted by molar-refractivity contribution is 6.30. The van der Waals surface area contributed by atoms with Crippen molar-refractivity contribution in [2.75, 3.05) is 7.11 Å². The van der Waals surface area contributed by atoms with E-state index in [1.54, 1.807) is 25.3 Å². The lowest BCUT2D eigenvalue weighted by Gasteiger charge is -2.08. The third-order valence-electron chi connectivity index (χ3n) is 4.30. The van der Waals surface area contributed by atoms with Crippen molar-refractivity contribution in [3.05, 3.63) is 88.5 Å². The minimum atomic E-state index is -0.366. The third-order valence-corrected chi connectivity index (χ3v) is 4.55. The van der Waals surface area contributed by atoms with Crippen molar-refractivity contribution in [2.24, 2.45) is 0 Å². The van der Waals surface area contributed by atoms with E-state index < -0.39 is 0 Å². The van der Waals surface area contributed by atoms with E-state index in [4.69, 9.17) is 21.1 Å². The maximum atomic E-state index is 12.3. The summed E-state index contributed by atoms with van der Waals surface area (Å²) >= 11 is 5.91. The molecule has 3 aromatic rings. The SMILES string of the molecule is COc1ccc(/C=C2\C=C(c3ccc(Cl)cc3)OC2=O)c2ccccc12. The Morgan fingerprint density at radius 2 is 1.69 bits per heavy atom. The van der Waals surface area contributed by atoms with Gasteiger partial charge in [0.1, 0.15) is 11.5 Å². The first-order chi connectivity index (χ1) is 12.7. The Morgan fingerprint density at radius 1 is 0.962 bits per heavy atom. The quantitative estimate of drug-likeness (QED) is 0.457. The van der Waals surface area contributed by atoms with Crippen molar-refractivity contribution >= 4 is 40.2 Å². The predicted molar refractivity (Wildman–Crippen MR) is 104 cm³/mol. The van der Waals surface area contributed by atoms with E-state index in [1.807, 2.05) is 54.6 Å². The topological polar surface area (TPSA) is 35.5 Å². The molecule has 1 heterocycles. The maximum absolute atomic E-state index is 12.3. The van der Waals surface area contributed by atoms with E-state index in [-0.39, 0.29) is 5.97 Å². The number of hydrogen-bond donors (Lipinski definition) is 0. The maximum Gasteiger partial charge on any atom is 0.343 e. The Labute approximate surface area is 156 Å². The average molecular weight is 363 g/mol. The van der Waals surface area contributed by atoms with Gasteiger partial charge in [0, 0.05) is 16.0 Å². The van der Waals surface area contributed by atoms with Crippen LogP contribution in [0, 0.1) is 0 Å². The smallest absolute Gasteiger partial charge is 0.343 e. The van der Waals surface area contributed by atoms with Gasteiger partial charge in [0.05, 0.1) is 12.7 Å². The number of rotatable bonds is 3. The van der Waals surface area contributed by atoms with Crippen LogP contribution in [0.3, 0.4) is 0 Å². The second-order valence-corrected chi connectivity index (χ2v) is 6.34. The van der Waals surface area contributed by atoms with Gasteiger partial charge in [-0.05, 0) is 53.4 Å². The van der Waals surface area contributed by atoms with Crippen molar-refractivity contribution < 1.29 is 14.3 Å². The molecular weight excluding hydrogens is 348 g/mol. The van der Waals surface area contributed by atoms with Gasteiger partial charge in [-0.15, -0.1) is 0 Å². The van der Waals surface area contributed by atoms with Gasteiger partial charge in [-0.2, -0.15) is 0 Å². The molecule has 0 bridgehead atoms. The summed E-state index contributed by atoms with van der Waals surface area (Å²) in [5, 5.41) is 2.65. The summed E-state index contributed by atoms with van der Waals surface area (Å²) in [6.45, 7) is 0. The van der Waals surface area contributed by atoms with Crippen LogP contribution in [-0.4, -0.2) is 13.1 Å². The van der Waals surface area contributed by atoms with Gasteiger partial charge in [0.25, 0.3) is 0 Å². The molecule has 0 radical (unpaired) electrons. The minimum Gasteiger partial charge on any atom is -0.496 e. The molecule has 4 rings (SSSR count). The lowest BCUT2D eigenvalue weighted by molar-refractivity contribution is -0.130. The number of carbonyl (C=O) groups excluding carboxylic acids is 1. The number of esters is 1. The molecule has 0 amide bonds. The molecule has 26 heavy (non-hydrogen) atoms. The Bertz CT molecular complexity index is 1060. The van der Waals surface area contributed by atoms with Crippen LogP contribution < -0.4 is 4.74 Å². The summed E-state index contributed by atoms with van der Waals surface area (Å²) in [6.07, 6.45) is 3.59. The first-order valence-corrected chi connectivity index (χ1v) is 8.51. The van der Waals surface area contributed by atoms with E-state index >= 15 is 0 Å². The van der Waals surface area contributed by atoms with Gasteiger partial charge in [0.2, 0.25) is 0 Å². The van der Waals surface area contributed by atoms with Crippen LogP contribution in [0.5, 0.6) is 5.75 Å². The fourth-order valence-corrected chi connectivity index (χ4v) is 3.14. The molecule has 0 aromatic heterocycles. The Kier molecular flexibility index (Phi) is 4.23. The number of cyclic esters (lactones) is 1. The zero-order chi connectivity index (χ0) is 18.1. The van der Waals surface area contributed by atoms with E-state index in [0.717, 1.165) is 27.6 Å². The number of fused-ring (bicyclic) bond motifs is 1. The van der Waals surface area contributed by atoms with Crippen LogP contribution in [0.4, 0.5) is 0 Å². The molecule has 3 aromatic carbocycles. The van der Waals surface area contributed by atoms with E-state index in [9.17, 15) is 4.79 Å². The Hall–Kier alpha value is -3.04. The molecule has 3 nitrogen and oxygen atoms in total. The lowest BCUT2D eigenvalue weighted by Crippen LogP contribution is -1.97. The van der Waals surface area contributed by atoms with Crippen LogP contribution in [0.25, 0.3) is 22.6 Å². The first kappa shape index (κ1) is 16.4. The standard InChI is InChI=1S/C22H15ClO3/c1-25-20-11-8-15(18-4-2-3-5-19(18)20)12-16-13-21(26-22(16)24)14-6-9-17(23)10-7-14/h2-13H,1H3/b16-12+. The molecule has 0 N–H and O–H groups in total.